The van der Waals surface area contributed by atoms with Gasteiger partial charge in [0.05, 0.1) is 24.7 Å². The standard InChI is InChI=1S/C15H18N6O4/c1-18-9-16-12-11(18)13(22)21(15(24)20(12)3)5-4-6-25-14(23)10-7-17-19(2)8-10/h7-9H,4-6H2,1-3H3. The van der Waals surface area contributed by atoms with Crippen LogP contribution in [0.4, 0.5) is 0 Å². The zero-order valence-electron chi connectivity index (χ0n) is 14.2. The maximum Gasteiger partial charge on any atom is 0.341 e. The summed E-state index contributed by atoms with van der Waals surface area (Å²) in [6.07, 6.45) is 4.80. The van der Waals surface area contributed by atoms with Gasteiger partial charge in [-0.15, -0.1) is 0 Å². The molecule has 0 fully saturated rings. The number of carbonyl (C=O) groups excluding carboxylic acids is 1. The van der Waals surface area contributed by atoms with Crippen molar-refractivity contribution in [2.24, 2.45) is 21.1 Å². The molecule has 0 radical (unpaired) electrons. The minimum absolute atomic E-state index is 0.0900. The fraction of sp³-hybridized carbons (Fsp3) is 0.400. The van der Waals surface area contributed by atoms with Crippen molar-refractivity contribution in [1.82, 2.24) is 28.5 Å². The molecule has 0 saturated heterocycles. The van der Waals surface area contributed by atoms with Crippen LogP contribution < -0.4 is 11.2 Å². The number of imidazole rings is 1. The van der Waals surface area contributed by atoms with Gasteiger partial charge in [0, 0.05) is 33.9 Å². The van der Waals surface area contributed by atoms with Gasteiger partial charge in [0.1, 0.15) is 0 Å². The Balaban J connectivity index is 1.71. The molecule has 0 spiro atoms. The first-order chi connectivity index (χ1) is 11.9. The molecular weight excluding hydrogens is 328 g/mol. The third kappa shape index (κ3) is 2.97. The Bertz CT molecular complexity index is 1050. The summed E-state index contributed by atoms with van der Waals surface area (Å²) in [4.78, 5) is 40.7. The van der Waals surface area contributed by atoms with E-state index in [0.717, 1.165) is 4.57 Å². The van der Waals surface area contributed by atoms with Crippen LogP contribution in [0.5, 0.6) is 0 Å². The van der Waals surface area contributed by atoms with Gasteiger partial charge in [0.2, 0.25) is 0 Å². The van der Waals surface area contributed by atoms with E-state index in [1.54, 1.807) is 31.9 Å². The van der Waals surface area contributed by atoms with E-state index in [4.69, 9.17) is 4.74 Å². The number of hydrogen-bond donors (Lipinski definition) is 0. The number of fused-ring (bicyclic) bond motifs is 1. The second kappa shape index (κ2) is 6.38. The Morgan fingerprint density at radius 2 is 2.00 bits per heavy atom. The Morgan fingerprint density at radius 1 is 1.24 bits per heavy atom. The molecule has 0 aliphatic carbocycles. The van der Waals surface area contributed by atoms with Gasteiger partial charge >= 0.3 is 11.7 Å². The molecular formula is C15H18N6O4. The number of carbonyl (C=O) groups is 1. The van der Waals surface area contributed by atoms with Crippen LogP contribution in [-0.4, -0.2) is 41.0 Å². The molecule has 3 aromatic rings. The number of aromatic nitrogens is 6. The Kier molecular flexibility index (Phi) is 4.26. The number of esters is 1. The molecule has 0 atom stereocenters. The van der Waals surface area contributed by atoms with Crippen LogP contribution in [0.15, 0.2) is 28.3 Å². The fourth-order valence-electron chi connectivity index (χ4n) is 2.59. The summed E-state index contributed by atoms with van der Waals surface area (Å²) in [5, 5.41) is 3.90. The highest BCUT2D eigenvalue weighted by Crippen LogP contribution is 2.04. The average molecular weight is 346 g/mol. The molecule has 0 amide bonds. The maximum absolute atomic E-state index is 12.5. The normalized spacial score (nSPS) is 11.2. The summed E-state index contributed by atoms with van der Waals surface area (Å²) in [5.74, 6) is -0.490. The Labute approximate surface area is 141 Å². The quantitative estimate of drug-likeness (QED) is 0.452. The van der Waals surface area contributed by atoms with Crippen LogP contribution in [-0.2, 0) is 32.4 Å². The monoisotopic (exact) mass is 346 g/mol. The van der Waals surface area contributed by atoms with Gasteiger partial charge < -0.3 is 9.30 Å². The minimum Gasteiger partial charge on any atom is -0.462 e. The molecule has 0 aromatic carbocycles. The van der Waals surface area contributed by atoms with Crippen LogP contribution in [0.3, 0.4) is 0 Å². The molecule has 25 heavy (non-hydrogen) atoms. The summed E-state index contributed by atoms with van der Waals surface area (Å²) >= 11 is 0. The number of nitrogens with zero attached hydrogens (tertiary/aromatic N) is 6. The Hall–Kier alpha value is -3.17. The molecule has 0 bridgehead atoms. The van der Waals surface area contributed by atoms with E-state index in [2.05, 4.69) is 10.1 Å². The van der Waals surface area contributed by atoms with E-state index in [1.165, 1.54) is 21.8 Å². The van der Waals surface area contributed by atoms with Crippen molar-refractivity contribution in [2.75, 3.05) is 6.61 Å². The van der Waals surface area contributed by atoms with Crippen LogP contribution in [0.2, 0.25) is 0 Å². The highest BCUT2D eigenvalue weighted by Gasteiger charge is 2.15. The van der Waals surface area contributed by atoms with Gasteiger partial charge in [-0.05, 0) is 6.42 Å². The smallest absolute Gasteiger partial charge is 0.341 e. The summed E-state index contributed by atoms with van der Waals surface area (Å²) in [6.45, 7) is 0.236. The van der Waals surface area contributed by atoms with Crippen molar-refractivity contribution in [2.45, 2.75) is 13.0 Å². The highest BCUT2D eigenvalue weighted by atomic mass is 16.5. The molecule has 0 saturated carbocycles. The molecule has 0 aliphatic rings. The van der Waals surface area contributed by atoms with E-state index >= 15 is 0 Å². The molecule has 0 N–H and O–H groups in total. The zero-order valence-corrected chi connectivity index (χ0v) is 14.2. The third-order valence-electron chi connectivity index (χ3n) is 3.90. The number of hydrogen-bond acceptors (Lipinski definition) is 6. The molecule has 3 rings (SSSR count). The van der Waals surface area contributed by atoms with Gasteiger partial charge in [-0.1, -0.05) is 0 Å². The largest absolute Gasteiger partial charge is 0.462 e. The number of aryl methyl sites for hydroxylation is 3. The predicted molar refractivity (Wildman–Crippen MR) is 88.3 cm³/mol. The van der Waals surface area contributed by atoms with Gasteiger partial charge in [0.15, 0.2) is 11.2 Å². The van der Waals surface area contributed by atoms with Gasteiger partial charge in [-0.2, -0.15) is 5.10 Å². The van der Waals surface area contributed by atoms with Gasteiger partial charge in [0.25, 0.3) is 5.56 Å². The Morgan fingerprint density at radius 3 is 2.68 bits per heavy atom. The first-order valence-electron chi connectivity index (χ1n) is 7.66. The minimum atomic E-state index is -0.490. The van der Waals surface area contributed by atoms with E-state index in [0.29, 0.717) is 23.1 Å². The SMILES string of the molecule is Cn1cc(C(=O)OCCCn2c(=O)c3c(ncn3C)n(C)c2=O)cn1. The third-order valence-corrected chi connectivity index (χ3v) is 3.90. The molecule has 3 heterocycles. The van der Waals surface area contributed by atoms with Crippen LogP contribution in [0, 0.1) is 0 Å². The van der Waals surface area contributed by atoms with Crippen LogP contribution in [0.25, 0.3) is 11.2 Å². The lowest BCUT2D eigenvalue weighted by Crippen LogP contribution is -2.39. The lowest BCUT2D eigenvalue weighted by molar-refractivity contribution is 0.0495. The van der Waals surface area contributed by atoms with Crippen LogP contribution >= 0.6 is 0 Å². The summed E-state index contributed by atoms with van der Waals surface area (Å²) < 4.78 is 10.7. The van der Waals surface area contributed by atoms with Crippen LogP contribution in [0.1, 0.15) is 16.8 Å². The topological polar surface area (TPSA) is 106 Å². The predicted octanol–water partition coefficient (Wildman–Crippen LogP) is -0.586. The molecule has 0 aliphatic heterocycles. The van der Waals surface area contributed by atoms with Crippen molar-refractivity contribution in [1.29, 1.82) is 0 Å². The molecule has 10 nitrogen and oxygen atoms in total. The lowest BCUT2D eigenvalue weighted by atomic mass is 10.3. The zero-order chi connectivity index (χ0) is 18.1. The maximum atomic E-state index is 12.5. The molecule has 3 aromatic heterocycles. The first-order valence-corrected chi connectivity index (χ1v) is 7.66. The van der Waals surface area contributed by atoms with Crippen molar-refractivity contribution in [3.63, 3.8) is 0 Å². The summed E-state index contributed by atoms with van der Waals surface area (Å²) in [7, 11) is 4.96. The van der Waals surface area contributed by atoms with E-state index < -0.39 is 17.2 Å². The molecule has 10 heteroatoms. The van der Waals surface area contributed by atoms with Gasteiger partial charge in [-0.3, -0.25) is 18.6 Å². The van der Waals surface area contributed by atoms with Gasteiger partial charge in [-0.25, -0.2) is 14.6 Å². The average Bonchev–Trinajstić information content (AvgIpc) is 3.18. The van der Waals surface area contributed by atoms with E-state index in [9.17, 15) is 14.4 Å². The second-order valence-electron chi connectivity index (χ2n) is 5.72. The van der Waals surface area contributed by atoms with Crippen molar-refractivity contribution >= 4 is 17.1 Å². The first kappa shape index (κ1) is 16.7. The summed E-state index contributed by atoms with van der Waals surface area (Å²) in [5.41, 5.74) is 0.199. The molecule has 0 unspecified atom stereocenters. The van der Waals surface area contributed by atoms with Crippen molar-refractivity contribution < 1.29 is 9.53 Å². The highest BCUT2D eigenvalue weighted by molar-refractivity contribution is 5.88. The summed E-state index contributed by atoms with van der Waals surface area (Å²) in [6, 6.07) is 0. The van der Waals surface area contributed by atoms with E-state index in [1.807, 2.05) is 0 Å². The van der Waals surface area contributed by atoms with Crippen molar-refractivity contribution in [3.05, 3.63) is 45.1 Å². The lowest BCUT2D eigenvalue weighted by Gasteiger charge is -2.08. The van der Waals surface area contributed by atoms with Crippen molar-refractivity contribution in [3.8, 4) is 0 Å². The number of ether oxygens (including phenoxy) is 1. The second-order valence-corrected chi connectivity index (χ2v) is 5.72. The van der Waals surface area contributed by atoms with E-state index in [-0.39, 0.29) is 13.2 Å². The molecule has 132 valence electrons. The fourth-order valence-corrected chi connectivity index (χ4v) is 2.59. The number of rotatable bonds is 5.